The lowest BCUT2D eigenvalue weighted by Gasteiger charge is -1.59. The van der Waals surface area contributed by atoms with Crippen LogP contribution in [0.15, 0.2) is 5.34 Å². The minimum atomic E-state index is 1.54. The van der Waals surface area contributed by atoms with E-state index in [-0.39, 0.29) is 0 Å². The number of rotatable bonds is 1. The molecule has 0 amide bonds. The summed E-state index contributed by atoms with van der Waals surface area (Å²) in [7, 11) is 0. The van der Waals surface area contributed by atoms with Crippen LogP contribution in [0.2, 0.25) is 0 Å². The molecule has 0 aliphatic heterocycles. The summed E-state index contributed by atoms with van der Waals surface area (Å²) < 4.78 is 0. The van der Waals surface area contributed by atoms with Gasteiger partial charge in [-0.2, -0.15) is 15.2 Å². The smallest absolute Gasteiger partial charge is 0.184 e. The Hall–Kier alpha value is -1.04. The van der Waals surface area contributed by atoms with Crippen LogP contribution in [0, 0.1) is 15.4 Å². The summed E-state index contributed by atoms with van der Waals surface area (Å²) in [5, 5.41) is 8.44. The number of nitrogens with one attached hydrogen (secondary N) is 1. The fourth-order valence-corrected chi connectivity index (χ4v) is 0. The zero-order valence-electron chi connectivity index (χ0n) is 2.62. The minimum Gasteiger partial charge on any atom is -0.184 e. The number of nitroso groups, excluding NO2 is 1. The average Bonchev–Trinajstić information content (AvgIpc) is 1.72. The molecule has 0 spiro atoms. The summed E-state index contributed by atoms with van der Waals surface area (Å²) in [4.78, 5) is 18.6. The van der Waals surface area contributed by atoms with E-state index in [0.29, 0.717) is 0 Å². The second-order valence-electron chi connectivity index (χ2n) is 0.156. The molecule has 6 nitrogen and oxygen atoms in total. The zero-order chi connectivity index (χ0) is 5.41. The van der Waals surface area contributed by atoms with E-state index >= 15 is 0 Å². The molecule has 6 heteroatoms. The third-order valence-corrected chi connectivity index (χ3v) is 0.0333. The highest BCUT2D eigenvalue weighted by molar-refractivity contribution is 3.86. The number of hydrogen-bond acceptors (Lipinski definition) is 6. The molecule has 0 aliphatic rings. The summed E-state index contributed by atoms with van der Waals surface area (Å²) in [6, 6.07) is 0. The molecule has 0 bridgehead atoms. The van der Waals surface area contributed by atoms with Crippen LogP contribution in [-0.2, 0) is 4.99 Å². The van der Waals surface area contributed by atoms with Crippen molar-refractivity contribution in [1.29, 1.82) is 5.59 Å². The monoisotopic (exact) mass is 94.0 g/mol. The molecule has 0 aromatic rings. The van der Waals surface area contributed by atoms with E-state index in [0.717, 1.165) is 0 Å². The van der Waals surface area contributed by atoms with Crippen molar-refractivity contribution < 1.29 is 10.2 Å². The van der Waals surface area contributed by atoms with Gasteiger partial charge in [-0.05, 0) is 0 Å². The van der Waals surface area contributed by atoms with Gasteiger partial charge in [-0.25, -0.2) is 0 Å². The van der Waals surface area contributed by atoms with Crippen molar-refractivity contribution in [3.8, 4) is 0 Å². The zero-order valence-corrected chi connectivity index (χ0v) is 2.62. The molecule has 0 rings (SSSR count). The molecule has 6 heavy (non-hydrogen) atoms. The Labute approximate surface area is 32.4 Å². The fourth-order valence-electron chi connectivity index (χ4n) is 0. The van der Waals surface area contributed by atoms with E-state index in [1.165, 1.54) is 0 Å². The minimum absolute atomic E-state index is 1.54. The highest BCUT2D eigenvalue weighted by atomic mass is 17.2. The third kappa shape index (κ3) is 7110. The van der Waals surface area contributed by atoms with Gasteiger partial charge in [0.25, 0.3) is 0 Å². The van der Waals surface area contributed by atoms with Crippen LogP contribution >= 0.6 is 0 Å². The van der Waals surface area contributed by atoms with Crippen LogP contribution in [0.1, 0.15) is 0 Å². The van der Waals surface area contributed by atoms with Crippen LogP contribution in [0.25, 0.3) is 0 Å². The van der Waals surface area contributed by atoms with Gasteiger partial charge < -0.3 is 0 Å². The molecule has 0 aromatic heterocycles. The maximum atomic E-state index is 8.45. The van der Waals surface area contributed by atoms with Crippen molar-refractivity contribution in [3.05, 3.63) is 9.81 Å². The van der Waals surface area contributed by atoms with Crippen molar-refractivity contribution in [2.75, 3.05) is 0 Å². The van der Waals surface area contributed by atoms with Crippen LogP contribution in [0.5, 0.6) is 0 Å². The molecule has 0 unspecified atom stereocenters. The topological polar surface area (TPSA) is 99.8 Å². The van der Waals surface area contributed by atoms with E-state index in [1.54, 1.807) is 5.34 Å². The predicted molar refractivity (Wildman–Crippen MR) is 15.6 cm³/mol. The van der Waals surface area contributed by atoms with Gasteiger partial charge in [-0.15, -0.1) is 4.91 Å². The largest absolute Gasteiger partial charge is 0.190 e. The Bertz CT molecular complexity index is 26.7. The normalized spacial score (nSPS) is 4.17. The lowest BCUT2D eigenvalue weighted by atomic mass is 13.4. The molecule has 36 valence electrons. The first-order valence-electron chi connectivity index (χ1n) is 0.752. The first-order valence-corrected chi connectivity index (χ1v) is 0.752. The highest BCUT2D eigenvalue weighted by Crippen LogP contribution is 1.51. The lowest BCUT2D eigenvalue weighted by Crippen LogP contribution is -1.56. The Morgan fingerprint density at radius 1 is 1.67 bits per heavy atom. The molecular formula is H2N2O4. The molecule has 2 N–H and O–H groups in total. The van der Waals surface area contributed by atoms with Crippen LogP contribution in [0.3, 0.4) is 0 Å². The first kappa shape index (κ1) is 8.88. The molecule has 0 saturated heterocycles. The van der Waals surface area contributed by atoms with E-state index in [9.17, 15) is 0 Å². The van der Waals surface area contributed by atoms with Crippen molar-refractivity contribution >= 4 is 0 Å². The maximum absolute atomic E-state index is 8.45. The Morgan fingerprint density at radius 2 is 1.83 bits per heavy atom. The van der Waals surface area contributed by atoms with Gasteiger partial charge in [-0.1, -0.05) is 5.59 Å². The molecule has 0 aliphatic carbocycles. The highest BCUT2D eigenvalue weighted by Gasteiger charge is 1.47. The Kier molecular flexibility index (Phi) is 55.7. The second kappa shape index (κ2) is 37.6. The Balaban J connectivity index is 0. The van der Waals surface area contributed by atoms with Gasteiger partial charge >= 0.3 is 0 Å². The number of hydrogen-bond donors (Lipinski definition) is 2. The molecule has 0 radical (unpaired) electrons. The summed E-state index contributed by atoms with van der Waals surface area (Å²) in [5.74, 6) is 0. The summed E-state index contributed by atoms with van der Waals surface area (Å²) in [6.45, 7) is 0. The van der Waals surface area contributed by atoms with Crippen molar-refractivity contribution in [2.45, 2.75) is 0 Å². The molecule has 0 fully saturated rings. The van der Waals surface area contributed by atoms with Gasteiger partial charge in [0.1, 0.15) is 0 Å². The average molecular weight is 94.0 g/mol. The van der Waals surface area contributed by atoms with Crippen LogP contribution in [-0.4, -0.2) is 5.26 Å². The predicted octanol–water partition coefficient (Wildman–Crippen LogP) is 0.489. The lowest BCUT2D eigenvalue weighted by molar-refractivity contribution is -0.245. The maximum Gasteiger partial charge on any atom is 0.190 e. The van der Waals surface area contributed by atoms with Gasteiger partial charge in [0.2, 0.25) is 0 Å². The van der Waals surface area contributed by atoms with E-state index in [2.05, 4.69) is 10.6 Å². The van der Waals surface area contributed by atoms with E-state index in [1.807, 2.05) is 0 Å². The molecule has 0 aromatic carbocycles. The SMILES string of the molecule is N=O.O=NOO. The third-order valence-electron chi connectivity index (χ3n) is 0.0333. The quantitative estimate of drug-likeness (QED) is 0.280. The van der Waals surface area contributed by atoms with Gasteiger partial charge in [0.15, 0.2) is 5.34 Å². The van der Waals surface area contributed by atoms with E-state index < -0.39 is 0 Å². The fraction of sp³-hybridized carbons (Fsp3) is 0. The first-order chi connectivity index (χ1) is 2.91. The van der Waals surface area contributed by atoms with Crippen molar-refractivity contribution in [3.63, 3.8) is 0 Å². The van der Waals surface area contributed by atoms with E-state index in [4.69, 9.17) is 15.1 Å². The molecule has 0 saturated carbocycles. The summed E-state index contributed by atoms with van der Waals surface area (Å²) >= 11 is 0. The van der Waals surface area contributed by atoms with Gasteiger partial charge in [-0.3, -0.25) is 0 Å². The van der Waals surface area contributed by atoms with Crippen molar-refractivity contribution in [2.24, 2.45) is 5.34 Å². The Morgan fingerprint density at radius 3 is 1.83 bits per heavy atom. The molecule has 0 heterocycles. The van der Waals surface area contributed by atoms with Crippen LogP contribution < -0.4 is 0 Å². The second-order valence-corrected chi connectivity index (χ2v) is 0.156. The molecular weight excluding hydrogens is 92.0 g/mol. The standard InChI is InChI=1S/HNO3.HNO/c2-1-4-3;1-2/h3H;1H. The van der Waals surface area contributed by atoms with Gasteiger partial charge in [0, 0.05) is 0 Å². The summed E-state index contributed by atoms with van der Waals surface area (Å²) in [6.07, 6.45) is 0. The van der Waals surface area contributed by atoms with Crippen molar-refractivity contribution in [1.82, 2.24) is 0 Å². The van der Waals surface area contributed by atoms with Crippen LogP contribution in [0.4, 0.5) is 0 Å². The number of nitrogens with zero attached hydrogens (tertiary/aromatic N) is 1. The van der Waals surface area contributed by atoms with Gasteiger partial charge in [0.05, 0.1) is 0 Å². The summed E-state index contributed by atoms with van der Waals surface area (Å²) in [5.41, 5.74) is 4.50. The molecule has 0 atom stereocenters.